The minimum atomic E-state index is -0.888. The topological polar surface area (TPSA) is 93.7 Å². The number of carbonyl (C=O) groups excluding carboxylic acids is 3. The van der Waals surface area contributed by atoms with Crippen LogP contribution in [0.5, 0.6) is 5.75 Å². The third-order valence-electron chi connectivity index (χ3n) is 4.91. The molecule has 0 heterocycles. The van der Waals surface area contributed by atoms with Crippen LogP contribution in [0.2, 0.25) is 0 Å². The molecule has 0 radical (unpaired) electrons. The average molecular weight is 405 g/mol. The second-order valence-corrected chi connectivity index (χ2v) is 7.38. The summed E-state index contributed by atoms with van der Waals surface area (Å²) in [6.45, 7) is 3.97. The molecule has 1 fully saturated rings. The standard InChI is InChI=1S/C22H32N2O5/c1-3-4-14-28-19-12-10-17(11-13-19)22(27)23-15-20(25)29-16(2)21(26)24-18-8-6-5-7-9-18/h10-13,16,18H,3-9,14-15H2,1-2H3,(H,23,27)(H,24,26). The molecular formula is C22H32N2O5. The van der Waals surface area contributed by atoms with Crippen molar-refractivity contribution in [1.82, 2.24) is 10.6 Å². The van der Waals surface area contributed by atoms with E-state index in [1.165, 1.54) is 13.3 Å². The quantitative estimate of drug-likeness (QED) is 0.462. The Morgan fingerprint density at radius 1 is 1.10 bits per heavy atom. The van der Waals surface area contributed by atoms with Crippen molar-refractivity contribution in [2.45, 2.75) is 70.9 Å². The molecule has 2 amide bonds. The lowest BCUT2D eigenvalue weighted by molar-refractivity contribution is -0.154. The Morgan fingerprint density at radius 2 is 1.79 bits per heavy atom. The first kappa shape index (κ1) is 22.7. The second kappa shape index (κ2) is 12.1. The van der Waals surface area contributed by atoms with Gasteiger partial charge in [0.2, 0.25) is 0 Å². The minimum Gasteiger partial charge on any atom is -0.494 e. The van der Waals surface area contributed by atoms with Crippen LogP contribution >= 0.6 is 0 Å². The van der Waals surface area contributed by atoms with Gasteiger partial charge in [0.25, 0.3) is 11.8 Å². The van der Waals surface area contributed by atoms with Gasteiger partial charge in [0.05, 0.1) is 6.61 Å². The maximum absolute atomic E-state index is 12.2. The van der Waals surface area contributed by atoms with E-state index in [9.17, 15) is 14.4 Å². The average Bonchev–Trinajstić information content (AvgIpc) is 2.73. The summed E-state index contributed by atoms with van der Waals surface area (Å²) in [5.74, 6) is -0.631. The van der Waals surface area contributed by atoms with Gasteiger partial charge in [-0.25, -0.2) is 0 Å². The number of hydrogen-bond acceptors (Lipinski definition) is 5. The Kier molecular flexibility index (Phi) is 9.47. The van der Waals surface area contributed by atoms with Crippen LogP contribution in [0.15, 0.2) is 24.3 Å². The van der Waals surface area contributed by atoms with E-state index in [1.54, 1.807) is 24.3 Å². The van der Waals surface area contributed by atoms with E-state index in [-0.39, 0.29) is 24.4 Å². The lowest BCUT2D eigenvalue weighted by Crippen LogP contribution is -2.43. The largest absolute Gasteiger partial charge is 0.494 e. The number of ether oxygens (including phenoxy) is 2. The van der Waals surface area contributed by atoms with E-state index in [1.807, 2.05) is 0 Å². The number of unbranched alkanes of at least 4 members (excludes halogenated alkanes) is 1. The van der Waals surface area contributed by atoms with Crippen molar-refractivity contribution in [3.8, 4) is 5.75 Å². The van der Waals surface area contributed by atoms with Gasteiger partial charge in [-0.05, 0) is 50.5 Å². The molecule has 2 rings (SSSR count). The maximum atomic E-state index is 12.2. The van der Waals surface area contributed by atoms with Crippen LogP contribution in [-0.4, -0.2) is 43.1 Å². The summed E-state index contributed by atoms with van der Waals surface area (Å²) < 4.78 is 10.7. The van der Waals surface area contributed by atoms with E-state index in [0.29, 0.717) is 17.9 Å². The Morgan fingerprint density at radius 3 is 2.45 bits per heavy atom. The monoisotopic (exact) mass is 404 g/mol. The number of carbonyl (C=O) groups is 3. The van der Waals surface area contributed by atoms with Crippen LogP contribution in [0, 0.1) is 0 Å². The Labute approximate surface area is 172 Å². The van der Waals surface area contributed by atoms with Gasteiger partial charge in [0.1, 0.15) is 12.3 Å². The van der Waals surface area contributed by atoms with Crippen molar-refractivity contribution in [1.29, 1.82) is 0 Å². The molecule has 0 aromatic heterocycles. The molecule has 1 aromatic carbocycles. The van der Waals surface area contributed by atoms with Gasteiger partial charge in [-0.15, -0.1) is 0 Å². The van der Waals surface area contributed by atoms with E-state index < -0.39 is 12.1 Å². The van der Waals surface area contributed by atoms with Crippen LogP contribution in [0.3, 0.4) is 0 Å². The Hall–Kier alpha value is -2.57. The third-order valence-corrected chi connectivity index (χ3v) is 4.91. The fourth-order valence-corrected chi connectivity index (χ4v) is 3.15. The molecular weight excluding hydrogens is 372 g/mol. The summed E-state index contributed by atoms with van der Waals surface area (Å²) in [4.78, 5) is 36.3. The second-order valence-electron chi connectivity index (χ2n) is 7.38. The summed E-state index contributed by atoms with van der Waals surface area (Å²) in [6, 6.07) is 6.89. The molecule has 1 aliphatic carbocycles. The predicted molar refractivity (Wildman–Crippen MR) is 110 cm³/mol. The fraction of sp³-hybridized carbons (Fsp3) is 0.591. The fourth-order valence-electron chi connectivity index (χ4n) is 3.15. The highest BCUT2D eigenvalue weighted by molar-refractivity contribution is 5.96. The molecule has 1 aromatic rings. The van der Waals surface area contributed by atoms with E-state index in [2.05, 4.69) is 17.6 Å². The molecule has 0 spiro atoms. The lowest BCUT2D eigenvalue weighted by Gasteiger charge is -2.24. The summed E-state index contributed by atoms with van der Waals surface area (Å²) in [7, 11) is 0. The summed E-state index contributed by atoms with van der Waals surface area (Å²) in [5, 5.41) is 5.43. The molecule has 1 atom stereocenters. The number of hydrogen-bond donors (Lipinski definition) is 2. The van der Waals surface area contributed by atoms with Crippen LogP contribution in [0.25, 0.3) is 0 Å². The molecule has 1 unspecified atom stereocenters. The van der Waals surface area contributed by atoms with Crippen LogP contribution in [-0.2, 0) is 14.3 Å². The normalized spacial score (nSPS) is 15.2. The van der Waals surface area contributed by atoms with Crippen molar-refractivity contribution < 1.29 is 23.9 Å². The maximum Gasteiger partial charge on any atom is 0.326 e. The summed E-state index contributed by atoms with van der Waals surface area (Å²) in [6.07, 6.45) is 6.48. The lowest BCUT2D eigenvalue weighted by atomic mass is 9.95. The first-order chi connectivity index (χ1) is 14.0. The molecule has 2 N–H and O–H groups in total. The molecule has 160 valence electrons. The number of rotatable bonds is 10. The first-order valence-electron chi connectivity index (χ1n) is 10.5. The zero-order valence-electron chi connectivity index (χ0n) is 17.4. The van der Waals surface area contributed by atoms with Gasteiger partial charge < -0.3 is 20.1 Å². The highest BCUT2D eigenvalue weighted by Crippen LogP contribution is 2.17. The number of benzene rings is 1. The van der Waals surface area contributed by atoms with Gasteiger partial charge in [-0.3, -0.25) is 14.4 Å². The molecule has 1 aliphatic rings. The zero-order chi connectivity index (χ0) is 21.1. The van der Waals surface area contributed by atoms with Gasteiger partial charge in [-0.2, -0.15) is 0 Å². The van der Waals surface area contributed by atoms with Crippen LogP contribution < -0.4 is 15.4 Å². The Balaban J connectivity index is 1.70. The van der Waals surface area contributed by atoms with Crippen molar-refractivity contribution >= 4 is 17.8 Å². The van der Waals surface area contributed by atoms with Crippen molar-refractivity contribution in [3.05, 3.63) is 29.8 Å². The van der Waals surface area contributed by atoms with E-state index in [4.69, 9.17) is 9.47 Å². The van der Waals surface area contributed by atoms with Crippen molar-refractivity contribution in [3.63, 3.8) is 0 Å². The molecule has 1 saturated carbocycles. The van der Waals surface area contributed by atoms with E-state index in [0.717, 1.165) is 38.5 Å². The highest BCUT2D eigenvalue weighted by Gasteiger charge is 2.22. The number of amides is 2. The first-order valence-corrected chi connectivity index (χ1v) is 10.5. The third kappa shape index (κ3) is 8.13. The van der Waals surface area contributed by atoms with Crippen LogP contribution in [0.1, 0.15) is 69.2 Å². The molecule has 0 saturated heterocycles. The zero-order valence-corrected chi connectivity index (χ0v) is 17.4. The van der Waals surface area contributed by atoms with Crippen LogP contribution in [0.4, 0.5) is 0 Å². The molecule has 0 aliphatic heterocycles. The Bertz CT molecular complexity index is 668. The number of nitrogens with one attached hydrogen (secondary N) is 2. The summed E-state index contributed by atoms with van der Waals surface area (Å²) >= 11 is 0. The van der Waals surface area contributed by atoms with Gasteiger partial charge in [0, 0.05) is 11.6 Å². The molecule has 7 nitrogen and oxygen atoms in total. The van der Waals surface area contributed by atoms with Gasteiger partial charge in [-0.1, -0.05) is 32.6 Å². The van der Waals surface area contributed by atoms with Crippen molar-refractivity contribution in [2.75, 3.05) is 13.2 Å². The van der Waals surface area contributed by atoms with E-state index >= 15 is 0 Å². The molecule has 7 heteroatoms. The smallest absolute Gasteiger partial charge is 0.326 e. The van der Waals surface area contributed by atoms with Gasteiger partial charge >= 0.3 is 5.97 Å². The number of esters is 1. The predicted octanol–water partition coefficient (Wildman–Crippen LogP) is 2.98. The summed E-state index contributed by atoms with van der Waals surface area (Å²) in [5.41, 5.74) is 0.420. The SMILES string of the molecule is CCCCOc1ccc(C(=O)NCC(=O)OC(C)C(=O)NC2CCCCC2)cc1. The molecule has 0 bridgehead atoms. The molecule has 29 heavy (non-hydrogen) atoms. The highest BCUT2D eigenvalue weighted by atomic mass is 16.5. The van der Waals surface area contributed by atoms with Crippen molar-refractivity contribution in [2.24, 2.45) is 0 Å². The van der Waals surface area contributed by atoms with Gasteiger partial charge in [0.15, 0.2) is 6.10 Å². The minimum absolute atomic E-state index is 0.158.